The highest BCUT2D eigenvalue weighted by Crippen LogP contribution is 2.13. The van der Waals surface area contributed by atoms with Gasteiger partial charge >= 0.3 is 5.69 Å². The normalized spacial score (nSPS) is 12.0. The molecule has 9 nitrogen and oxygen atoms in total. The Morgan fingerprint density at radius 3 is 2.52 bits per heavy atom. The number of rotatable bonds is 12. The molecule has 0 aliphatic rings. The average Bonchev–Trinajstić information content (AvgIpc) is 2.73. The predicted octanol–water partition coefficient (Wildman–Crippen LogP) is 0.0619. The summed E-state index contributed by atoms with van der Waals surface area (Å²) >= 11 is 0. The molecule has 2 rings (SSSR count). The van der Waals surface area contributed by atoms with E-state index in [0.29, 0.717) is 44.4 Å². The fraction of sp³-hybridized carbons (Fsp3) is 0.500. The lowest BCUT2D eigenvalue weighted by atomic mass is 10.2. The Morgan fingerprint density at radius 1 is 1.10 bits per heavy atom. The van der Waals surface area contributed by atoms with Crippen LogP contribution in [0.4, 0.5) is 5.82 Å². The van der Waals surface area contributed by atoms with Gasteiger partial charge in [0.05, 0.1) is 6.61 Å². The van der Waals surface area contributed by atoms with Crippen molar-refractivity contribution in [1.82, 2.24) is 14.5 Å². The molecule has 29 heavy (non-hydrogen) atoms. The number of hydrogen-bond acceptors (Lipinski definition) is 7. The average molecular weight is 406 g/mol. The van der Waals surface area contributed by atoms with Crippen LogP contribution >= 0.6 is 0 Å². The van der Waals surface area contributed by atoms with Gasteiger partial charge < -0.3 is 25.2 Å². The van der Waals surface area contributed by atoms with Crippen LogP contribution in [0.2, 0.25) is 0 Å². The van der Waals surface area contributed by atoms with Gasteiger partial charge in [0, 0.05) is 46.4 Å². The van der Waals surface area contributed by atoms with Crippen LogP contribution in [0.3, 0.4) is 0 Å². The quantitative estimate of drug-likeness (QED) is 0.428. The second-order valence-corrected chi connectivity index (χ2v) is 6.65. The zero-order valence-electron chi connectivity index (χ0n) is 17.2. The highest BCUT2D eigenvalue weighted by Gasteiger charge is 2.07. The van der Waals surface area contributed by atoms with Gasteiger partial charge in [-0.15, -0.1) is 0 Å². The van der Waals surface area contributed by atoms with Crippen molar-refractivity contribution in [3.8, 4) is 5.75 Å². The number of anilines is 1. The molecule has 2 aromatic rings. The molecule has 0 spiro atoms. The maximum atomic E-state index is 11.9. The molecule has 0 bridgehead atoms. The first kappa shape index (κ1) is 22.7. The smallest absolute Gasteiger partial charge is 0.332 e. The number of benzene rings is 1. The Hall–Kier alpha value is -2.62. The van der Waals surface area contributed by atoms with Crippen molar-refractivity contribution in [3.05, 3.63) is 56.7 Å². The summed E-state index contributed by atoms with van der Waals surface area (Å²) in [5, 5.41) is 16.2. The minimum Gasteiger partial charge on any atom is -0.491 e. The second-order valence-electron chi connectivity index (χ2n) is 6.65. The summed E-state index contributed by atoms with van der Waals surface area (Å²) in [5.74, 6) is 1.15. The number of hydrogen-bond donors (Lipinski definition) is 3. The molecule has 0 aliphatic heterocycles. The fourth-order valence-electron chi connectivity index (χ4n) is 2.60. The van der Waals surface area contributed by atoms with E-state index < -0.39 is 6.10 Å². The third kappa shape index (κ3) is 7.04. The number of ether oxygens (including phenoxy) is 2. The zero-order valence-corrected chi connectivity index (χ0v) is 17.2. The molecule has 1 unspecified atom stereocenters. The van der Waals surface area contributed by atoms with Crippen LogP contribution in [0.15, 0.2) is 39.9 Å². The van der Waals surface area contributed by atoms with Crippen LogP contribution in [0.5, 0.6) is 5.75 Å². The lowest BCUT2D eigenvalue weighted by Crippen LogP contribution is -2.38. The molecule has 1 aromatic heterocycles. The highest BCUT2D eigenvalue weighted by atomic mass is 16.5. The first-order valence-electron chi connectivity index (χ1n) is 9.61. The van der Waals surface area contributed by atoms with Gasteiger partial charge in [0.1, 0.15) is 24.3 Å². The van der Waals surface area contributed by atoms with E-state index in [1.807, 2.05) is 31.2 Å². The third-order valence-electron chi connectivity index (χ3n) is 4.35. The predicted molar refractivity (Wildman–Crippen MR) is 112 cm³/mol. The van der Waals surface area contributed by atoms with Crippen molar-refractivity contribution in [1.29, 1.82) is 0 Å². The maximum absolute atomic E-state index is 11.9. The number of nitrogens with one attached hydrogen (secondary N) is 2. The van der Waals surface area contributed by atoms with E-state index in [4.69, 9.17) is 9.47 Å². The van der Waals surface area contributed by atoms with Crippen molar-refractivity contribution in [2.24, 2.45) is 14.1 Å². The van der Waals surface area contributed by atoms with Crippen LogP contribution in [0.1, 0.15) is 12.5 Å². The lowest BCUT2D eigenvalue weighted by Gasteiger charge is -2.15. The van der Waals surface area contributed by atoms with E-state index in [-0.39, 0.29) is 17.9 Å². The summed E-state index contributed by atoms with van der Waals surface area (Å²) in [7, 11) is 3.04. The van der Waals surface area contributed by atoms with Gasteiger partial charge in [-0.2, -0.15) is 0 Å². The van der Waals surface area contributed by atoms with E-state index >= 15 is 0 Å². The summed E-state index contributed by atoms with van der Waals surface area (Å²) in [4.78, 5) is 23.5. The van der Waals surface area contributed by atoms with Crippen LogP contribution < -0.4 is 26.6 Å². The Balaban J connectivity index is 1.65. The summed E-state index contributed by atoms with van der Waals surface area (Å²) in [6.07, 6.45) is -0.661. The largest absolute Gasteiger partial charge is 0.491 e. The monoisotopic (exact) mass is 406 g/mol. The SMILES string of the molecule is CCOCc1ccc(OCC(O)CNCCNc2cc(=O)n(C)c(=O)n2C)cc1. The van der Waals surface area contributed by atoms with Gasteiger partial charge in [0.25, 0.3) is 5.56 Å². The van der Waals surface area contributed by atoms with Gasteiger partial charge in [0.15, 0.2) is 0 Å². The molecular formula is C20H30N4O5. The van der Waals surface area contributed by atoms with Crippen LogP contribution in [0.25, 0.3) is 0 Å². The van der Waals surface area contributed by atoms with Gasteiger partial charge in [-0.3, -0.25) is 13.9 Å². The van der Waals surface area contributed by atoms with Gasteiger partial charge in [-0.25, -0.2) is 4.79 Å². The molecule has 1 aromatic carbocycles. The Kier molecular flexibility index (Phi) is 8.91. The van der Waals surface area contributed by atoms with E-state index in [0.717, 1.165) is 10.1 Å². The minimum absolute atomic E-state index is 0.175. The van der Waals surface area contributed by atoms with E-state index in [1.54, 1.807) is 7.05 Å². The molecular weight excluding hydrogens is 376 g/mol. The summed E-state index contributed by atoms with van der Waals surface area (Å²) in [6, 6.07) is 8.96. The van der Waals surface area contributed by atoms with E-state index in [1.165, 1.54) is 17.7 Å². The Morgan fingerprint density at radius 2 is 1.83 bits per heavy atom. The molecule has 0 fully saturated rings. The summed E-state index contributed by atoms with van der Waals surface area (Å²) in [5.41, 5.74) is 0.330. The highest BCUT2D eigenvalue weighted by molar-refractivity contribution is 5.33. The molecule has 0 aliphatic carbocycles. The van der Waals surface area contributed by atoms with Crippen molar-refractivity contribution >= 4 is 5.82 Å². The number of aliphatic hydroxyl groups excluding tert-OH is 1. The summed E-state index contributed by atoms with van der Waals surface area (Å²) in [6.45, 7) is 4.78. The first-order chi connectivity index (χ1) is 13.9. The Bertz CT molecular complexity index is 876. The standard InChI is InChI=1S/C20H30N4O5/c1-4-28-13-15-5-7-17(8-6-15)29-14-16(25)12-21-9-10-22-18-11-19(26)24(3)20(27)23(18)2/h5-8,11,16,21-22,25H,4,9-10,12-14H2,1-3H3. The van der Waals surface area contributed by atoms with Crippen molar-refractivity contribution < 1.29 is 14.6 Å². The van der Waals surface area contributed by atoms with Crippen LogP contribution in [-0.4, -0.2) is 53.2 Å². The number of aliphatic hydroxyl groups is 1. The first-order valence-corrected chi connectivity index (χ1v) is 9.61. The van der Waals surface area contributed by atoms with Gasteiger partial charge in [0.2, 0.25) is 0 Å². The minimum atomic E-state index is -0.661. The van der Waals surface area contributed by atoms with Crippen molar-refractivity contribution in [3.63, 3.8) is 0 Å². The fourth-order valence-corrected chi connectivity index (χ4v) is 2.60. The molecule has 0 amide bonds. The molecule has 1 heterocycles. The number of aromatic nitrogens is 2. The van der Waals surface area contributed by atoms with Crippen LogP contribution in [0, 0.1) is 0 Å². The molecule has 0 saturated carbocycles. The van der Waals surface area contributed by atoms with Gasteiger partial charge in [-0.1, -0.05) is 12.1 Å². The summed E-state index contributed by atoms with van der Waals surface area (Å²) < 4.78 is 13.4. The molecule has 9 heteroatoms. The third-order valence-corrected chi connectivity index (χ3v) is 4.35. The Labute approximate surface area is 169 Å². The van der Waals surface area contributed by atoms with Crippen LogP contribution in [-0.2, 0) is 25.4 Å². The lowest BCUT2D eigenvalue weighted by molar-refractivity contribution is 0.107. The van der Waals surface area contributed by atoms with Crippen molar-refractivity contribution in [2.45, 2.75) is 19.6 Å². The molecule has 1 atom stereocenters. The van der Waals surface area contributed by atoms with E-state index in [2.05, 4.69) is 10.6 Å². The van der Waals surface area contributed by atoms with Crippen molar-refractivity contribution in [2.75, 3.05) is 38.2 Å². The second kappa shape index (κ2) is 11.4. The molecule has 0 saturated heterocycles. The molecule has 160 valence electrons. The molecule has 3 N–H and O–H groups in total. The van der Waals surface area contributed by atoms with E-state index in [9.17, 15) is 14.7 Å². The van der Waals surface area contributed by atoms with Gasteiger partial charge in [-0.05, 0) is 24.6 Å². The zero-order chi connectivity index (χ0) is 21.2. The molecule has 0 radical (unpaired) electrons. The number of nitrogens with zero attached hydrogens (tertiary/aromatic N) is 2. The maximum Gasteiger partial charge on any atom is 0.332 e. The topological polar surface area (TPSA) is 107 Å².